The SMILES string of the molecule is CC(C)[Si](C(C)C)(C(C)C)n1ccc2c(CO)c(Cl)cnc21. The lowest BCUT2D eigenvalue weighted by atomic mass is 10.2. The second-order valence-electron chi connectivity index (χ2n) is 7.02. The topological polar surface area (TPSA) is 38.0 Å². The summed E-state index contributed by atoms with van der Waals surface area (Å²) < 4.78 is 2.44. The van der Waals surface area contributed by atoms with Crippen molar-refractivity contribution in [2.24, 2.45) is 0 Å². The number of pyridine rings is 1. The summed E-state index contributed by atoms with van der Waals surface area (Å²) in [7, 11) is -1.84. The fourth-order valence-electron chi connectivity index (χ4n) is 4.42. The highest BCUT2D eigenvalue weighted by Gasteiger charge is 2.46. The number of aliphatic hydroxyl groups is 1. The monoisotopic (exact) mass is 338 g/mol. The van der Waals surface area contributed by atoms with Crippen LogP contribution in [-0.2, 0) is 6.61 Å². The molecule has 0 aliphatic rings. The third kappa shape index (κ3) is 2.41. The molecule has 0 saturated carbocycles. The Kier molecular flexibility index (Phi) is 5.05. The Morgan fingerprint density at radius 2 is 1.68 bits per heavy atom. The van der Waals surface area contributed by atoms with Gasteiger partial charge in [-0.3, -0.25) is 0 Å². The summed E-state index contributed by atoms with van der Waals surface area (Å²) in [5.74, 6) is 0. The highest BCUT2D eigenvalue weighted by molar-refractivity contribution is 6.82. The van der Waals surface area contributed by atoms with E-state index in [1.807, 2.05) is 0 Å². The summed E-state index contributed by atoms with van der Waals surface area (Å²) in [6.07, 6.45) is 3.84. The van der Waals surface area contributed by atoms with Crippen LogP contribution in [0.1, 0.15) is 47.1 Å². The van der Waals surface area contributed by atoms with E-state index < -0.39 is 8.24 Å². The third-order valence-corrected chi connectivity index (χ3v) is 12.2. The molecular weight excluding hydrogens is 312 g/mol. The Morgan fingerprint density at radius 1 is 1.14 bits per heavy atom. The van der Waals surface area contributed by atoms with Crippen LogP contribution < -0.4 is 0 Å². The lowest BCUT2D eigenvalue weighted by molar-refractivity contribution is 0.283. The van der Waals surface area contributed by atoms with Gasteiger partial charge in [-0.1, -0.05) is 53.1 Å². The van der Waals surface area contributed by atoms with Crippen LogP contribution in [-0.4, -0.2) is 22.6 Å². The van der Waals surface area contributed by atoms with E-state index in [0.717, 1.165) is 16.6 Å². The zero-order valence-corrected chi connectivity index (χ0v) is 16.1. The summed E-state index contributed by atoms with van der Waals surface area (Å²) in [6, 6.07) is 2.06. The number of rotatable bonds is 5. The van der Waals surface area contributed by atoms with Crippen molar-refractivity contribution in [1.82, 2.24) is 9.22 Å². The Hall–Kier alpha value is -0.843. The first-order chi connectivity index (χ1) is 10.3. The van der Waals surface area contributed by atoms with Gasteiger partial charge in [0.25, 0.3) is 0 Å². The normalized spacial score (nSPS) is 13.0. The van der Waals surface area contributed by atoms with Crippen molar-refractivity contribution in [3.05, 3.63) is 29.0 Å². The van der Waals surface area contributed by atoms with E-state index in [1.54, 1.807) is 6.20 Å². The van der Waals surface area contributed by atoms with Crippen molar-refractivity contribution >= 4 is 30.9 Å². The predicted octanol–water partition coefficient (Wildman–Crippen LogP) is 5.21. The molecular formula is C17H27ClN2OSi. The minimum atomic E-state index is -1.84. The van der Waals surface area contributed by atoms with Crippen LogP contribution >= 0.6 is 11.6 Å². The van der Waals surface area contributed by atoms with Crippen LogP contribution in [0.15, 0.2) is 18.5 Å². The molecule has 0 fully saturated rings. The molecule has 2 rings (SSSR count). The van der Waals surface area contributed by atoms with Gasteiger partial charge in [0.1, 0.15) is 5.65 Å². The standard InChI is InChI=1S/C17H27ClN2OSi/c1-11(2)22(12(3)4,13(5)6)20-8-7-14-15(10-21)16(18)9-19-17(14)20/h7-9,11-13,21H,10H2,1-6H3. The van der Waals surface area contributed by atoms with Crippen molar-refractivity contribution < 1.29 is 5.11 Å². The summed E-state index contributed by atoms with van der Waals surface area (Å²) in [5, 5.41) is 11.2. The molecule has 0 unspecified atom stereocenters. The lowest BCUT2D eigenvalue weighted by Gasteiger charge is -2.44. The third-order valence-electron chi connectivity index (χ3n) is 5.12. The van der Waals surface area contributed by atoms with E-state index in [2.05, 4.69) is 63.0 Å². The Morgan fingerprint density at radius 3 is 2.14 bits per heavy atom. The number of nitrogens with zero attached hydrogens (tertiary/aromatic N) is 2. The molecule has 0 atom stereocenters. The molecule has 0 aliphatic heterocycles. The average Bonchev–Trinajstić information content (AvgIpc) is 2.82. The van der Waals surface area contributed by atoms with Gasteiger partial charge in [0.05, 0.1) is 11.6 Å². The number of fused-ring (bicyclic) bond motifs is 1. The van der Waals surface area contributed by atoms with Crippen LogP contribution in [0.4, 0.5) is 0 Å². The maximum absolute atomic E-state index is 9.65. The van der Waals surface area contributed by atoms with E-state index in [4.69, 9.17) is 11.6 Å². The molecule has 0 amide bonds. The molecule has 22 heavy (non-hydrogen) atoms. The predicted molar refractivity (Wildman–Crippen MR) is 97.1 cm³/mol. The smallest absolute Gasteiger partial charge is 0.171 e. The molecule has 2 aromatic rings. The summed E-state index contributed by atoms with van der Waals surface area (Å²) in [5.41, 5.74) is 3.54. The number of hydrogen-bond donors (Lipinski definition) is 1. The van der Waals surface area contributed by atoms with Crippen molar-refractivity contribution in [2.75, 3.05) is 0 Å². The van der Waals surface area contributed by atoms with E-state index >= 15 is 0 Å². The molecule has 2 aromatic heterocycles. The van der Waals surface area contributed by atoms with Crippen molar-refractivity contribution in [3.63, 3.8) is 0 Å². The van der Waals surface area contributed by atoms with Gasteiger partial charge in [-0.05, 0) is 28.9 Å². The summed E-state index contributed by atoms with van der Waals surface area (Å²) in [4.78, 5) is 4.62. The van der Waals surface area contributed by atoms with Crippen LogP contribution in [0.3, 0.4) is 0 Å². The van der Waals surface area contributed by atoms with Gasteiger partial charge >= 0.3 is 0 Å². The van der Waals surface area contributed by atoms with Crippen LogP contribution in [0.5, 0.6) is 0 Å². The highest BCUT2D eigenvalue weighted by Crippen LogP contribution is 2.44. The largest absolute Gasteiger partial charge is 0.392 e. The van der Waals surface area contributed by atoms with E-state index in [0.29, 0.717) is 21.6 Å². The molecule has 0 aliphatic carbocycles. The van der Waals surface area contributed by atoms with Crippen LogP contribution in [0.2, 0.25) is 21.6 Å². The quantitative estimate of drug-likeness (QED) is 0.760. The van der Waals surface area contributed by atoms with Crippen LogP contribution in [0.25, 0.3) is 11.0 Å². The molecule has 0 bridgehead atoms. The maximum Gasteiger partial charge on any atom is 0.171 e. The molecule has 1 N–H and O–H groups in total. The maximum atomic E-state index is 9.65. The van der Waals surface area contributed by atoms with E-state index in [9.17, 15) is 5.11 Å². The molecule has 5 heteroatoms. The molecule has 3 nitrogen and oxygen atoms in total. The van der Waals surface area contributed by atoms with Gasteiger partial charge < -0.3 is 9.34 Å². The molecule has 0 spiro atoms. The van der Waals surface area contributed by atoms with Crippen molar-refractivity contribution in [2.45, 2.75) is 64.8 Å². The Bertz CT molecular complexity index is 642. The summed E-state index contributed by atoms with van der Waals surface area (Å²) in [6.45, 7) is 14.0. The molecule has 0 aromatic carbocycles. The Balaban J connectivity index is 2.82. The van der Waals surface area contributed by atoms with Gasteiger partial charge in [-0.25, -0.2) is 4.98 Å². The first-order valence-corrected chi connectivity index (χ1v) is 10.6. The van der Waals surface area contributed by atoms with Crippen molar-refractivity contribution in [1.29, 1.82) is 0 Å². The molecule has 122 valence electrons. The van der Waals surface area contributed by atoms with E-state index in [1.165, 1.54) is 0 Å². The fourth-order valence-corrected chi connectivity index (χ4v) is 11.2. The summed E-state index contributed by atoms with van der Waals surface area (Å²) >= 11 is 6.19. The zero-order valence-electron chi connectivity index (χ0n) is 14.4. The first-order valence-electron chi connectivity index (χ1n) is 8.04. The Labute approximate surface area is 139 Å². The minimum absolute atomic E-state index is 0.0541. The number of aliphatic hydroxyl groups excluding tert-OH is 1. The average molecular weight is 339 g/mol. The van der Waals surface area contributed by atoms with Gasteiger partial charge in [0, 0.05) is 17.1 Å². The first kappa shape index (κ1) is 17.5. The second-order valence-corrected chi connectivity index (χ2v) is 13.1. The zero-order chi connectivity index (χ0) is 16.7. The second kappa shape index (κ2) is 6.34. The highest BCUT2D eigenvalue weighted by atomic mass is 35.5. The molecule has 2 heterocycles. The number of halogens is 1. The van der Waals surface area contributed by atoms with Gasteiger partial charge in [0.15, 0.2) is 8.24 Å². The number of aromatic nitrogens is 2. The molecule has 0 radical (unpaired) electrons. The van der Waals surface area contributed by atoms with Gasteiger partial charge in [-0.15, -0.1) is 0 Å². The minimum Gasteiger partial charge on any atom is -0.392 e. The van der Waals surface area contributed by atoms with Gasteiger partial charge in [-0.2, -0.15) is 0 Å². The molecule has 0 saturated heterocycles. The van der Waals surface area contributed by atoms with E-state index in [-0.39, 0.29) is 6.61 Å². The fraction of sp³-hybridized carbons (Fsp3) is 0.588. The lowest BCUT2D eigenvalue weighted by Crippen LogP contribution is -2.51. The van der Waals surface area contributed by atoms with Crippen molar-refractivity contribution in [3.8, 4) is 0 Å². The van der Waals surface area contributed by atoms with Crippen LogP contribution in [0, 0.1) is 0 Å². The van der Waals surface area contributed by atoms with Gasteiger partial charge in [0.2, 0.25) is 0 Å². The number of hydrogen-bond acceptors (Lipinski definition) is 2.